The third-order valence-corrected chi connectivity index (χ3v) is 4.65. The number of hydrogen-bond acceptors (Lipinski definition) is 1. The van der Waals surface area contributed by atoms with Crippen molar-refractivity contribution in [3.05, 3.63) is 102 Å². The standard InChI is InChI=1S/C21H15F3S/c22-21(23,24)18-11-13-19(14-12-18)25-20(17-9-5-2-6-10-17)15-16-7-3-1-4-8-16/h1-15H/b20-15-. The Hall–Kier alpha value is -2.46. The molecule has 0 amide bonds. The van der Waals surface area contributed by atoms with Gasteiger partial charge in [0.1, 0.15) is 0 Å². The second kappa shape index (κ2) is 7.62. The van der Waals surface area contributed by atoms with Crippen molar-refractivity contribution >= 4 is 22.7 Å². The van der Waals surface area contributed by atoms with Crippen LogP contribution in [-0.4, -0.2) is 0 Å². The zero-order valence-electron chi connectivity index (χ0n) is 13.2. The van der Waals surface area contributed by atoms with E-state index in [9.17, 15) is 13.2 Å². The van der Waals surface area contributed by atoms with Gasteiger partial charge < -0.3 is 0 Å². The van der Waals surface area contributed by atoms with Gasteiger partial charge in [0.2, 0.25) is 0 Å². The Morgan fingerprint density at radius 3 is 1.84 bits per heavy atom. The first-order chi connectivity index (χ1) is 12.0. The van der Waals surface area contributed by atoms with Crippen molar-refractivity contribution in [3.63, 3.8) is 0 Å². The molecule has 4 heteroatoms. The SMILES string of the molecule is FC(F)(F)c1ccc(S/C(=C\c2ccccc2)c2ccccc2)cc1. The highest BCUT2D eigenvalue weighted by atomic mass is 32.2. The molecule has 0 saturated carbocycles. The van der Waals surface area contributed by atoms with Crippen molar-refractivity contribution in [1.82, 2.24) is 0 Å². The van der Waals surface area contributed by atoms with Crippen LogP contribution in [0.5, 0.6) is 0 Å². The Morgan fingerprint density at radius 1 is 0.720 bits per heavy atom. The third kappa shape index (κ3) is 4.77. The van der Waals surface area contributed by atoms with Crippen LogP contribution in [0.1, 0.15) is 16.7 Å². The summed E-state index contributed by atoms with van der Waals surface area (Å²) in [5.74, 6) is 0. The summed E-state index contributed by atoms with van der Waals surface area (Å²) in [6.07, 6.45) is -2.27. The highest BCUT2D eigenvalue weighted by molar-refractivity contribution is 8.08. The van der Waals surface area contributed by atoms with Gasteiger partial charge in [-0.2, -0.15) is 13.2 Å². The minimum atomic E-state index is -4.31. The topological polar surface area (TPSA) is 0 Å². The van der Waals surface area contributed by atoms with Gasteiger partial charge in [0.05, 0.1) is 5.56 Å². The Morgan fingerprint density at radius 2 is 1.28 bits per heavy atom. The van der Waals surface area contributed by atoms with E-state index in [1.54, 1.807) is 0 Å². The lowest BCUT2D eigenvalue weighted by Gasteiger charge is -2.10. The largest absolute Gasteiger partial charge is 0.416 e. The van der Waals surface area contributed by atoms with Crippen LogP contribution in [0.15, 0.2) is 89.8 Å². The number of benzene rings is 3. The second-order valence-corrected chi connectivity index (χ2v) is 6.52. The average molecular weight is 356 g/mol. The Bertz CT molecular complexity index is 836. The second-order valence-electron chi connectivity index (χ2n) is 5.41. The van der Waals surface area contributed by atoms with E-state index < -0.39 is 11.7 Å². The van der Waals surface area contributed by atoms with Crippen LogP contribution >= 0.6 is 11.8 Å². The molecule has 0 aromatic heterocycles. The zero-order chi connectivity index (χ0) is 17.7. The third-order valence-electron chi connectivity index (χ3n) is 3.57. The summed E-state index contributed by atoms with van der Waals surface area (Å²) in [5, 5.41) is 0. The molecule has 0 aliphatic rings. The predicted molar refractivity (Wildman–Crippen MR) is 98.1 cm³/mol. The van der Waals surface area contributed by atoms with Gasteiger partial charge in [-0.05, 0) is 41.5 Å². The highest BCUT2D eigenvalue weighted by Crippen LogP contribution is 2.37. The van der Waals surface area contributed by atoms with E-state index in [1.165, 1.54) is 23.9 Å². The molecule has 3 aromatic rings. The molecule has 126 valence electrons. The Balaban J connectivity index is 1.92. The van der Waals surface area contributed by atoms with E-state index in [1.807, 2.05) is 66.7 Å². The number of alkyl halides is 3. The fourth-order valence-electron chi connectivity index (χ4n) is 2.31. The fraction of sp³-hybridized carbons (Fsp3) is 0.0476. The molecule has 0 bridgehead atoms. The first kappa shape index (κ1) is 17.4. The zero-order valence-corrected chi connectivity index (χ0v) is 14.0. The van der Waals surface area contributed by atoms with Crippen LogP contribution in [-0.2, 0) is 6.18 Å². The van der Waals surface area contributed by atoms with Crippen LogP contribution in [0, 0.1) is 0 Å². The summed E-state index contributed by atoms with van der Waals surface area (Å²) in [5.41, 5.74) is 1.43. The lowest BCUT2D eigenvalue weighted by atomic mass is 10.1. The molecule has 3 aromatic carbocycles. The quantitative estimate of drug-likeness (QED) is 0.358. The van der Waals surface area contributed by atoms with Crippen molar-refractivity contribution in [2.45, 2.75) is 11.1 Å². The van der Waals surface area contributed by atoms with Gasteiger partial charge >= 0.3 is 6.18 Å². The summed E-state index contributed by atoms with van der Waals surface area (Å²) in [6, 6.07) is 24.9. The molecule has 0 unspecified atom stereocenters. The maximum atomic E-state index is 12.7. The van der Waals surface area contributed by atoms with Crippen LogP contribution < -0.4 is 0 Å². The van der Waals surface area contributed by atoms with Crippen molar-refractivity contribution < 1.29 is 13.2 Å². The van der Waals surface area contributed by atoms with Gasteiger partial charge in [0.15, 0.2) is 0 Å². The summed E-state index contributed by atoms with van der Waals surface area (Å²) >= 11 is 1.45. The van der Waals surface area contributed by atoms with E-state index in [4.69, 9.17) is 0 Å². The van der Waals surface area contributed by atoms with Crippen LogP contribution in [0.3, 0.4) is 0 Å². The van der Waals surface area contributed by atoms with Crippen molar-refractivity contribution in [2.24, 2.45) is 0 Å². The smallest absolute Gasteiger partial charge is 0.166 e. The van der Waals surface area contributed by atoms with Gasteiger partial charge in [-0.15, -0.1) is 0 Å². The molecule has 25 heavy (non-hydrogen) atoms. The lowest BCUT2D eigenvalue weighted by Crippen LogP contribution is -2.03. The van der Waals surface area contributed by atoms with Crippen LogP contribution in [0.4, 0.5) is 13.2 Å². The number of hydrogen-bond donors (Lipinski definition) is 0. The summed E-state index contributed by atoms with van der Waals surface area (Å²) < 4.78 is 38.1. The highest BCUT2D eigenvalue weighted by Gasteiger charge is 2.29. The molecule has 0 aliphatic heterocycles. The first-order valence-electron chi connectivity index (χ1n) is 7.70. The van der Waals surface area contributed by atoms with Crippen molar-refractivity contribution in [1.29, 1.82) is 0 Å². The van der Waals surface area contributed by atoms with Crippen LogP contribution in [0.2, 0.25) is 0 Å². The van der Waals surface area contributed by atoms with Gasteiger partial charge in [-0.25, -0.2) is 0 Å². The van der Waals surface area contributed by atoms with E-state index in [-0.39, 0.29) is 0 Å². The first-order valence-corrected chi connectivity index (χ1v) is 8.51. The van der Waals surface area contributed by atoms with Gasteiger partial charge in [0.25, 0.3) is 0 Å². The Labute approximate surface area is 149 Å². The Kier molecular flexibility index (Phi) is 5.29. The minimum absolute atomic E-state index is 0.634. The molecule has 0 fully saturated rings. The normalized spacial score (nSPS) is 12.2. The molecular formula is C21H15F3S. The number of thioether (sulfide) groups is 1. The molecule has 0 saturated heterocycles. The molecule has 0 N–H and O–H groups in total. The summed E-state index contributed by atoms with van der Waals surface area (Å²) in [6.45, 7) is 0. The predicted octanol–water partition coefficient (Wildman–Crippen LogP) is 7.00. The van der Waals surface area contributed by atoms with E-state index >= 15 is 0 Å². The molecular weight excluding hydrogens is 341 g/mol. The molecule has 0 nitrogen and oxygen atoms in total. The van der Waals surface area contributed by atoms with Crippen molar-refractivity contribution in [2.75, 3.05) is 0 Å². The minimum Gasteiger partial charge on any atom is -0.166 e. The molecule has 0 spiro atoms. The lowest BCUT2D eigenvalue weighted by molar-refractivity contribution is -0.137. The number of halogens is 3. The maximum absolute atomic E-state index is 12.7. The summed E-state index contributed by atoms with van der Waals surface area (Å²) in [4.78, 5) is 1.74. The van der Waals surface area contributed by atoms with Gasteiger partial charge in [-0.1, -0.05) is 72.4 Å². The average Bonchev–Trinajstić information content (AvgIpc) is 2.62. The molecule has 0 aliphatic carbocycles. The monoisotopic (exact) mass is 356 g/mol. The molecule has 0 radical (unpaired) electrons. The van der Waals surface area contributed by atoms with Gasteiger partial charge in [-0.3, -0.25) is 0 Å². The summed E-state index contributed by atoms with van der Waals surface area (Å²) in [7, 11) is 0. The molecule has 0 atom stereocenters. The van der Waals surface area contributed by atoms with Gasteiger partial charge in [0, 0.05) is 9.80 Å². The fourth-order valence-corrected chi connectivity index (χ4v) is 3.29. The maximum Gasteiger partial charge on any atom is 0.416 e. The van der Waals surface area contributed by atoms with Crippen molar-refractivity contribution in [3.8, 4) is 0 Å². The van der Waals surface area contributed by atoms with E-state index in [2.05, 4.69) is 0 Å². The molecule has 3 rings (SSSR count). The number of rotatable bonds is 4. The molecule has 0 heterocycles. The van der Waals surface area contributed by atoms with Crippen LogP contribution in [0.25, 0.3) is 11.0 Å². The van der Waals surface area contributed by atoms with E-state index in [0.29, 0.717) is 0 Å². The van der Waals surface area contributed by atoms with E-state index in [0.717, 1.165) is 33.1 Å².